The Labute approximate surface area is 351 Å². The number of nitrogens with one attached hydrogen (secondary N) is 4. The molecule has 5 rings (SSSR count). The zero-order chi connectivity index (χ0) is 42.5. The van der Waals surface area contributed by atoms with Crippen molar-refractivity contribution in [1.82, 2.24) is 29.3 Å². The van der Waals surface area contributed by atoms with Crippen molar-refractivity contribution in [2.24, 2.45) is 0 Å². The van der Waals surface area contributed by atoms with E-state index in [2.05, 4.69) is 53.3 Å². The van der Waals surface area contributed by atoms with E-state index in [1.165, 1.54) is 0 Å². The van der Waals surface area contributed by atoms with E-state index in [9.17, 15) is 19.2 Å². The molecule has 0 bridgehead atoms. The Morgan fingerprint density at radius 1 is 1.05 bits per heavy atom. The van der Waals surface area contributed by atoms with Gasteiger partial charge in [-0.15, -0.1) is 4.37 Å². The largest absolute Gasteiger partial charge is 0.470 e. The standard InChI is InChI=1S/C42H60N8O8S/c1-8-49(9-2)18-17-43-40(54)37-27(3)34(45-28(37)4)24-32-31-23-29(15-16-33(31)46-39(32)53)57-35(51)13-11-10-12-14-36(52)58-30(25-44-42(5,6)7)26-56-41-38(47-59-48-41)50-19-21-55-22-20-50/h15-16,23-24,30,44-45H,8-14,17-22,25-26H2,1-7H3,(H,43,54)(H,46,53)/b32-24-/t30-/m0/s1. The molecular weight excluding hydrogens is 777 g/mol. The molecule has 2 aliphatic rings. The average molecular weight is 837 g/mol. The number of carbonyl (C=O) groups is 4. The minimum absolute atomic E-state index is 0.121. The summed E-state index contributed by atoms with van der Waals surface area (Å²) in [7, 11) is 0. The number of unbranched alkanes of at least 4 members (excludes halogenated alkanes) is 2. The van der Waals surface area contributed by atoms with E-state index in [1.807, 2.05) is 34.6 Å². The highest BCUT2D eigenvalue weighted by molar-refractivity contribution is 6.99. The quantitative estimate of drug-likeness (QED) is 0.0480. The van der Waals surface area contributed by atoms with E-state index in [4.69, 9.17) is 18.9 Å². The molecule has 1 aromatic carbocycles. The summed E-state index contributed by atoms with van der Waals surface area (Å²) >= 11 is 1.08. The van der Waals surface area contributed by atoms with Crippen molar-refractivity contribution in [2.75, 3.05) is 75.9 Å². The number of hydrogen-bond donors (Lipinski definition) is 4. The lowest BCUT2D eigenvalue weighted by molar-refractivity contribution is -0.150. The van der Waals surface area contributed by atoms with Crippen LogP contribution >= 0.6 is 11.7 Å². The number of esters is 2. The van der Waals surface area contributed by atoms with Gasteiger partial charge in [-0.05, 0) is 90.4 Å². The summed E-state index contributed by atoms with van der Waals surface area (Å²) in [4.78, 5) is 59.5. The van der Waals surface area contributed by atoms with Crippen LogP contribution < -0.4 is 30.3 Å². The Kier molecular flexibility index (Phi) is 16.4. The predicted molar refractivity (Wildman–Crippen MR) is 228 cm³/mol. The predicted octanol–water partition coefficient (Wildman–Crippen LogP) is 5.12. The number of carbonyl (C=O) groups excluding carboxylic acids is 4. The molecule has 16 nitrogen and oxygen atoms in total. The minimum Gasteiger partial charge on any atom is -0.470 e. The Morgan fingerprint density at radius 3 is 2.49 bits per heavy atom. The molecule has 3 aromatic rings. The second kappa shape index (κ2) is 21.4. The number of nitrogens with zero attached hydrogens (tertiary/aromatic N) is 4. The smallest absolute Gasteiger partial charge is 0.311 e. The SMILES string of the molecule is CCN(CC)CCNC(=O)c1c(C)[nH]c(/C=C2\C(=O)Nc3ccc(OC(=O)CCCCCC(=O)O[C@@H](CNC(C)(C)C)COc4nsnc4N4CCOCC4)cc32)c1C. The van der Waals surface area contributed by atoms with Crippen LogP contribution in [-0.2, 0) is 23.9 Å². The number of aromatic nitrogens is 3. The second-order valence-electron chi connectivity index (χ2n) is 15.7. The van der Waals surface area contributed by atoms with E-state index < -0.39 is 12.1 Å². The van der Waals surface area contributed by atoms with Gasteiger partial charge in [-0.2, -0.15) is 4.37 Å². The van der Waals surface area contributed by atoms with Gasteiger partial charge >= 0.3 is 11.9 Å². The highest BCUT2D eigenvalue weighted by Crippen LogP contribution is 2.36. The van der Waals surface area contributed by atoms with Gasteiger partial charge in [0.25, 0.3) is 17.7 Å². The molecule has 1 atom stereocenters. The molecule has 1 fully saturated rings. The molecule has 59 heavy (non-hydrogen) atoms. The fourth-order valence-corrected chi connectivity index (χ4v) is 7.36. The summed E-state index contributed by atoms with van der Waals surface area (Å²) < 4.78 is 31.7. The molecule has 0 radical (unpaired) electrons. The van der Waals surface area contributed by atoms with Crippen LogP contribution in [0, 0.1) is 13.8 Å². The summed E-state index contributed by atoms with van der Waals surface area (Å²) in [6, 6.07) is 5.02. The summed E-state index contributed by atoms with van der Waals surface area (Å²) in [5.41, 5.74) is 4.05. The lowest BCUT2D eigenvalue weighted by atomic mass is 10.0. The fraction of sp³-hybridized carbons (Fsp3) is 0.571. The summed E-state index contributed by atoms with van der Waals surface area (Å²) in [5, 5.41) is 9.27. The van der Waals surface area contributed by atoms with E-state index in [1.54, 1.807) is 24.3 Å². The van der Waals surface area contributed by atoms with E-state index in [0.717, 1.165) is 36.9 Å². The number of aryl methyl sites for hydroxylation is 1. The maximum atomic E-state index is 13.1. The van der Waals surface area contributed by atoms with Crippen LogP contribution in [0.5, 0.6) is 11.6 Å². The summed E-state index contributed by atoms with van der Waals surface area (Å²) in [6.07, 6.45) is 3.23. The average Bonchev–Trinajstić information content (AvgIpc) is 3.88. The van der Waals surface area contributed by atoms with E-state index in [-0.39, 0.29) is 42.8 Å². The van der Waals surface area contributed by atoms with Crippen molar-refractivity contribution in [3.63, 3.8) is 0 Å². The number of morpholine rings is 1. The third-order valence-corrected chi connectivity index (χ3v) is 10.7. The molecule has 17 heteroatoms. The van der Waals surface area contributed by atoms with Crippen molar-refractivity contribution in [3.05, 3.63) is 46.3 Å². The number of likely N-dealkylation sites (N-methyl/N-ethyl adjacent to an activating group) is 1. The molecule has 2 aliphatic heterocycles. The third-order valence-electron chi connectivity index (χ3n) is 10.2. The van der Waals surface area contributed by atoms with E-state index in [0.29, 0.717) is 110 Å². The number of fused-ring (bicyclic) bond motifs is 1. The first-order chi connectivity index (χ1) is 28.3. The van der Waals surface area contributed by atoms with E-state index >= 15 is 0 Å². The number of amides is 2. The lowest BCUT2D eigenvalue weighted by Gasteiger charge is -2.27. The second-order valence-corrected chi connectivity index (χ2v) is 16.3. The Hall–Kier alpha value is -4.84. The first-order valence-corrected chi connectivity index (χ1v) is 21.3. The fourth-order valence-electron chi connectivity index (χ4n) is 6.84. The van der Waals surface area contributed by atoms with Gasteiger partial charge in [-0.25, -0.2) is 0 Å². The Balaban J connectivity index is 1.09. The van der Waals surface area contributed by atoms with Crippen LogP contribution in [-0.4, -0.2) is 120 Å². The molecule has 0 saturated carbocycles. The molecule has 322 valence electrons. The Morgan fingerprint density at radius 2 is 1.78 bits per heavy atom. The summed E-state index contributed by atoms with van der Waals surface area (Å²) in [6.45, 7) is 20.3. The van der Waals surface area contributed by atoms with Gasteiger partial charge in [0.05, 0.1) is 36.1 Å². The molecule has 0 aliphatic carbocycles. The maximum absolute atomic E-state index is 13.1. The molecular formula is C42H60N8O8S. The van der Waals surface area contributed by atoms with Gasteiger partial charge in [0, 0.05) is 73.7 Å². The number of hydrogen-bond acceptors (Lipinski definition) is 14. The molecule has 1 saturated heterocycles. The Bertz CT molecular complexity index is 1940. The number of rotatable bonds is 21. The third kappa shape index (κ3) is 13.1. The van der Waals surface area contributed by atoms with Gasteiger partial charge in [-0.3, -0.25) is 19.2 Å². The topological polar surface area (TPSA) is 189 Å². The van der Waals surface area contributed by atoms with Gasteiger partial charge in [-0.1, -0.05) is 20.3 Å². The van der Waals surface area contributed by atoms with Crippen LogP contribution in [0.4, 0.5) is 11.5 Å². The monoisotopic (exact) mass is 836 g/mol. The molecule has 0 unspecified atom stereocenters. The van der Waals surface area contributed by atoms with Crippen LogP contribution in [0.25, 0.3) is 11.6 Å². The highest BCUT2D eigenvalue weighted by Gasteiger charge is 2.27. The zero-order valence-electron chi connectivity index (χ0n) is 35.5. The van der Waals surface area contributed by atoms with Gasteiger partial charge in [0.2, 0.25) is 5.82 Å². The van der Waals surface area contributed by atoms with Crippen molar-refractivity contribution in [2.45, 2.75) is 92.2 Å². The van der Waals surface area contributed by atoms with Crippen LogP contribution in [0.1, 0.15) is 99.6 Å². The first-order valence-electron chi connectivity index (χ1n) is 20.6. The van der Waals surface area contributed by atoms with Gasteiger partial charge < -0.3 is 49.7 Å². The van der Waals surface area contributed by atoms with Crippen molar-refractivity contribution < 1.29 is 38.1 Å². The number of benzene rings is 1. The molecule has 2 aromatic heterocycles. The molecule has 0 spiro atoms. The zero-order valence-corrected chi connectivity index (χ0v) is 36.3. The first kappa shape index (κ1) is 45.2. The molecule has 4 heterocycles. The number of aromatic amines is 1. The van der Waals surface area contributed by atoms with Crippen molar-refractivity contribution in [3.8, 4) is 11.6 Å². The van der Waals surface area contributed by atoms with Gasteiger partial charge in [0.15, 0.2) is 0 Å². The normalized spacial score (nSPS) is 15.3. The lowest BCUT2D eigenvalue weighted by Crippen LogP contribution is -2.44. The number of anilines is 2. The molecule has 4 N–H and O–H groups in total. The molecule has 2 amide bonds. The maximum Gasteiger partial charge on any atom is 0.311 e. The van der Waals surface area contributed by atoms with Crippen LogP contribution in [0.15, 0.2) is 18.2 Å². The van der Waals surface area contributed by atoms with Gasteiger partial charge in [0.1, 0.15) is 18.5 Å². The van der Waals surface area contributed by atoms with Crippen LogP contribution in [0.3, 0.4) is 0 Å². The van der Waals surface area contributed by atoms with Crippen molar-refractivity contribution in [1.29, 1.82) is 0 Å². The number of H-pyrrole nitrogens is 1. The highest BCUT2D eigenvalue weighted by atomic mass is 32.1. The van der Waals surface area contributed by atoms with Crippen LogP contribution in [0.2, 0.25) is 0 Å². The van der Waals surface area contributed by atoms with Crippen molar-refractivity contribution >= 4 is 58.6 Å². The number of ether oxygens (including phenoxy) is 4. The summed E-state index contributed by atoms with van der Waals surface area (Å²) in [5.74, 6) is 0.187. The minimum atomic E-state index is -0.545.